The van der Waals surface area contributed by atoms with Gasteiger partial charge < -0.3 is 19.7 Å². The summed E-state index contributed by atoms with van der Waals surface area (Å²) >= 11 is 3.27. The number of urea groups is 1. The van der Waals surface area contributed by atoms with Crippen LogP contribution < -0.4 is 5.32 Å². The fourth-order valence-corrected chi connectivity index (χ4v) is 1.96. The molecular weight excluding hydrogens is 326 g/mol. The minimum atomic E-state index is -0.156. The molecule has 0 aliphatic heterocycles. The molecule has 7 heteroatoms. The van der Waals surface area contributed by atoms with Crippen molar-refractivity contribution in [2.45, 2.75) is 6.42 Å². The number of rotatable bonds is 8. The number of hydrogen-bond acceptors (Lipinski definition) is 4. The van der Waals surface area contributed by atoms with Gasteiger partial charge in [-0.15, -0.1) is 0 Å². The number of pyridine rings is 1. The number of halogens is 1. The van der Waals surface area contributed by atoms with Crippen molar-refractivity contribution in [3.05, 3.63) is 22.9 Å². The van der Waals surface area contributed by atoms with E-state index in [-0.39, 0.29) is 6.03 Å². The first-order valence-corrected chi connectivity index (χ1v) is 7.12. The Kier molecular flexibility index (Phi) is 8.17. The van der Waals surface area contributed by atoms with Crippen LogP contribution in [0.2, 0.25) is 0 Å². The quantitative estimate of drug-likeness (QED) is 0.580. The zero-order valence-electron chi connectivity index (χ0n) is 11.8. The molecule has 112 valence electrons. The fourth-order valence-electron chi connectivity index (χ4n) is 1.60. The summed E-state index contributed by atoms with van der Waals surface area (Å²) in [6.45, 7) is 2.28. The largest absolute Gasteiger partial charge is 0.385 e. The highest BCUT2D eigenvalue weighted by Crippen LogP contribution is 2.13. The molecule has 2 amide bonds. The zero-order valence-corrected chi connectivity index (χ0v) is 13.4. The SMILES string of the molecule is COCCCN(CCOC)C(=O)Nc1ccnc(Br)c1. The minimum absolute atomic E-state index is 0.156. The summed E-state index contributed by atoms with van der Waals surface area (Å²) in [5.74, 6) is 0. The van der Waals surface area contributed by atoms with Crippen LogP contribution in [0, 0.1) is 0 Å². The van der Waals surface area contributed by atoms with E-state index in [2.05, 4.69) is 26.2 Å². The van der Waals surface area contributed by atoms with Gasteiger partial charge in [-0.2, -0.15) is 0 Å². The Balaban J connectivity index is 2.56. The first-order valence-electron chi connectivity index (χ1n) is 6.32. The van der Waals surface area contributed by atoms with Crippen LogP contribution in [0.1, 0.15) is 6.42 Å². The van der Waals surface area contributed by atoms with Crippen LogP contribution in [-0.2, 0) is 9.47 Å². The van der Waals surface area contributed by atoms with Gasteiger partial charge in [-0.05, 0) is 34.5 Å². The van der Waals surface area contributed by atoms with E-state index < -0.39 is 0 Å². The molecule has 0 aliphatic carbocycles. The Morgan fingerprint density at radius 2 is 2.10 bits per heavy atom. The second-order valence-electron chi connectivity index (χ2n) is 4.12. The summed E-state index contributed by atoms with van der Waals surface area (Å²) in [6, 6.07) is 3.34. The maximum Gasteiger partial charge on any atom is 0.321 e. The summed E-state index contributed by atoms with van der Waals surface area (Å²) in [4.78, 5) is 17.9. The highest BCUT2D eigenvalue weighted by molar-refractivity contribution is 9.10. The second kappa shape index (κ2) is 9.68. The van der Waals surface area contributed by atoms with E-state index in [1.165, 1.54) is 0 Å². The molecule has 1 heterocycles. The number of carbonyl (C=O) groups is 1. The van der Waals surface area contributed by atoms with E-state index in [1.807, 2.05) is 0 Å². The molecule has 1 aromatic heterocycles. The lowest BCUT2D eigenvalue weighted by Crippen LogP contribution is -2.38. The number of amides is 2. The maximum absolute atomic E-state index is 12.2. The van der Waals surface area contributed by atoms with Crippen LogP contribution in [-0.4, -0.2) is 56.4 Å². The molecule has 0 atom stereocenters. The number of ether oxygens (including phenoxy) is 2. The molecule has 0 saturated heterocycles. The lowest BCUT2D eigenvalue weighted by molar-refractivity contribution is 0.143. The lowest BCUT2D eigenvalue weighted by atomic mass is 10.4. The maximum atomic E-state index is 12.2. The first kappa shape index (κ1) is 16.9. The van der Waals surface area contributed by atoms with Crippen molar-refractivity contribution in [1.29, 1.82) is 0 Å². The zero-order chi connectivity index (χ0) is 14.8. The molecule has 0 bridgehead atoms. The van der Waals surface area contributed by atoms with Crippen LogP contribution in [0.4, 0.5) is 10.5 Å². The molecule has 1 rings (SSSR count). The number of anilines is 1. The standard InChI is InChI=1S/C13H20BrN3O3/c1-19-8-3-6-17(7-9-20-2)13(18)16-11-4-5-15-12(14)10-11/h4-5,10H,3,6-9H2,1-2H3,(H,15,16,18). The fraction of sp³-hybridized carbons (Fsp3) is 0.538. The smallest absolute Gasteiger partial charge is 0.321 e. The predicted molar refractivity (Wildman–Crippen MR) is 80.9 cm³/mol. The number of nitrogens with one attached hydrogen (secondary N) is 1. The monoisotopic (exact) mass is 345 g/mol. The third-order valence-corrected chi connectivity index (χ3v) is 3.04. The van der Waals surface area contributed by atoms with Crippen molar-refractivity contribution < 1.29 is 14.3 Å². The summed E-state index contributed by atoms with van der Waals surface area (Å²) in [5, 5.41) is 2.84. The average Bonchev–Trinajstić information content (AvgIpc) is 2.42. The Labute approximate surface area is 127 Å². The van der Waals surface area contributed by atoms with Crippen molar-refractivity contribution in [2.24, 2.45) is 0 Å². The molecule has 0 unspecified atom stereocenters. The van der Waals surface area contributed by atoms with Crippen molar-refractivity contribution in [2.75, 3.05) is 45.8 Å². The third-order valence-electron chi connectivity index (χ3n) is 2.61. The van der Waals surface area contributed by atoms with Gasteiger partial charge in [0.25, 0.3) is 0 Å². The van der Waals surface area contributed by atoms with Gasteiger partial charge in [-0.1, -0.05) is 0 Å². The summed E-state index contributed by atoms with van der Waals surface area (Å²) < 4.78 is 10.7. The van der Waals surface area contributed by atoms with E-state index in [4.69, 9.17) is 9.47 Å². The molecule has 0 fully saturated rings. The van der Waals surface area contributed by atoms with Crippen molar-refractivity contribution in [1.82, 2.24) is 9.88 Å². The number of hydrogen-bond donors (Lipinski definition) is 1. The second-order valence-corrected chi connectivity index (χ2v) is 4.94. The van der Waals surface area contributed by atoms with Gasteiger partial charge in [-0.25, -0.2) is 9.78 Å². The van der Waals surface area contributed by atoms with E-state index in [9.17, 15) is 4.79 Å². The van der Waals surface area contributed by atoms with Crippen LogP contribution in [0.15, 0.2) is 22.9 Å². The molecule has 0 aromatic carbocycles. The summed E-state index contributed by atoms with van der Waals surface area (Å²) in [7, 11) is 3.26. The van der Waals surface area contributed by atoms with Gasteiger partial charge in [-0.3, -0.25) is 0 Å². The van der Waals surface area contributed by atoms with E-state index in [0.29, 0.717) is 36.6 Å². The van der Waals surface area contributed by atoms with Gasteiger partial charge in [0.15, 0.2) is 0 Å². The van der Waals surface area contributed by atoms with Crippen LogP contribution >= 0.6 is 15.9 Å². The molecule has 0 aliphatic rings. The molecule has 6 nitrogen and oxygen atoms in total. The summed E-state index contributed by atoms with van der Waals surface area (Å²) in [5.41, 5.74) is 0.700. The van der Waals surface area contributed by atoms with Crippen LogP contribution in [0.25, 0.3) is 0 Å². The normalized spacial score (nSPS) is 10.3. The average molecular weight is 346 g/mol. The number of methoxy groups -OCH3 is 2. The van der Waals surface area contributed by atoms with Gasteiger partial charge in [0.2, 0.25) is 0 Å². The minimum Gasteiger partial charge on any atom is -0.385 e. The third kappa shape index (κ3) is 6.31. The molecule has 20 heavy (non-hydrogen) atoms. The molecule has 1 aromatic rings. The topological polar surface area (TPSA) is 63.7 Å². The van der Waals surface area contributed by atoms with Crippen molar-refractivity contribution >= 4 is 27.6 Å². The van der Waals surface area contributed by atoms with Crippen LogP contribution in [0.3, 0.4) is 0 Å². The molecule has 1 N–H and O–H groups in total. The van der Waals surface area contributed by atoms with E-state index in [0.717, 1.165) is 6.42 Å². The predicted octanol–water partition coefficient (Wildman–Crippen LogP) is 2.36. The van der Waals surface area contributed by atoms with E-state index >= 15 is 0 Å². The Morgan fingerprint density at radius 3 is 2.75 bits per heavy atom. The number of nitrogens with zero attached hydrogens (tertiary/aromatic N) is 2. The Bertz CT molecular complexity index is 418. The molecule has 0 saturated carbocycles. The van der Waals surface area contributed by atoms with E-state index in [1.54, 1.807) is 37.4 Å². The number of aromatic nitrogens is 1. The Hall–Kier alpha value is -1.18. The highest BCUT2D eigenvalue weighted by atomic mass is 79.9. The van der Waals surface area contributed by atoms with Gasteiger partial charge >= 0.3 is 6.03 Å². The highest BCUT2D eigenvalue weighted by Gasteiger charge is 2.13. The van der Waals surface area contributed by atoms with Gasteiger partial charge in [0, 0.05) is 45.8 Å². The molecular formula is C13H20BrN3O3. The molecule has 0 radical (unpaired) electrons. The van der Waals surface area contributed by atoms with Gasteiger partial charge in [0.05, 0.1) is 6.61 Å². The first-order chi connectivity index (χ1) is 9.67. The van der Waals surface area contributed by atoms with Crippen LogP contribution in [0.5, 0.6) is 0 Å². The number of carbonyl (C=O) groups excluding carboxylic acids is 1. The lowest BCUT2D eigenvalue weighted by Gasteiger charge is -2.22. The molecule has 0 spiro atoms. The Morgan fingerprint density at radius 1 is 1.35 bits per heavy atom. The summed E-state index contributed by atoms with van der Waals surface area (Å²) in [6.07, 6.45) is 2.41. The van der Waals surface area contributed by atoms with Crippen molar-refractivity contribution in [3.63, 3.8) is 0 Å². The van der Waals surface area contributed by atoms with Crippen molar-refractivity contribution in [3.8, 4) is 0 Å². The van der Waals surface area contributed by atoms with Gasteiger partial charge in [0.1, 0.15) is 4.60 Å².